The van der Waals surface area contributed by atoms with Gasteiger partial charge in [-0.25, -0.2) is 0 Å². The molecule has 0 aromatic heterocycles. The first-order valence-corrected chi connectivity index (χ1v) is 8.64. The van der Waals surface area contributed by atoms with Crippen LogP contribution in [-0.2, 0) is 4.79 Å². The van der Waals surface area contributed by atoms with Crippen LogP contribution < -0.4 is 5.73 Å². The van der Waals surface area contributed by atoms with E-state index < -0.39 is 0 Å². The fourth-order valence-electron chi connectivity index (χ4n) is 3.71. The van der Waals surface area contributed by atoms with Gasteiger partial charge in [0.1, 0.15) is 0 Å². The molecule has 4 nitrogen and oxygen atoms in total. The summed E-state index contributed by atoms with van der Waals surface area (Å²) in [6.45, 7) is 10.5. The minimum absolute atomic E-state index is 0.216. The summed E-state index contributed by atoms with van der Waals surface area (Å²) >= 11 is 0. The Morgan fingerprint density at radius 1 is 1.14 bits per heavy atom. The highest BCUT2D eigenvalue weighted by Crippen LogP contribution is 2.27. The normalized spacial score (nSPS) is 28.7. The largest absolute Gasteiger partial charge is 0.340 e. The molecular formula is C17H33N3O. The average Bonchev–Trinajstić information content (AvgIpc) is 2.44. The zero-order chi connectivity index (χ0) is 15.5. The molecule has 1 amide bonds. The van der Waals surface area contributed by atoms with Gasteiger partial charge in [0.15, 0.2) is 0 Å². The summed E-state index contributed by atoms with van der Waals surface area (Å²) in [6, 6.07) is 0.370. The van der Waals surface area contributed by atoms with Gasteiger partial charge in [-0.2, -0.15) is 0 Å². The van der Waals surface area contributed by atoms with Crippen LogP contribution in [0.5, 0.6) is 0 Å². The second-order valence-corrected chi connectivity index (χ2v) is 7.87. The maximum absolute atomic E-state index is 12.4. The Morgan fingerprint density at radius 3 is 2.38 bits per heavy atom. The number of hydrogen-bond acceptors (Lipinski definition) is 3. The lowest BCUT2D eigenvalue weighted by molar-refractivity contribution is -0.134. The molecule has 2 fully saturated rings. The van der Waals surface area contributed by atoms with E-state index in [0.717, 1.165) is 39.0 Å². The molecule has 2 rings (SSSR count). The number of nitrogens with two attached hydrogens (primary N) is 1. The molecule has 122 valence electrons. The first-order valence-electron chi connectivity index (χ1n) is 8.64. The number of amides is 1. The second-order valence-electron chi connectivity index (χ2n) is 7.87. The van der Waals surface area contributed by atoms with Gasteiger partial charge in [0.05, 0.1) is 0 Å². The summed E-state index contributed by atoms with van der Waals surface area (Å²) in [5, 5.41) is 0. The number of carbonyl (C=O) groups is 1. The number of rotatable bonds is 3. The average molecular weight is 295 g/mol. The van der Waals surface area contributed by atoms with Gasteiger partial charge >= 0.3 is 0 Å². The molecule has 2 N–H and O–H groups in total. The third-order valence-corrected chi connectivity index (χ3v) is 5.17. The highest BCUT2D eigenvalue weighted by atomic mass is 16.2. The lowest BCUT2D eigenvalue weighted by Crippen LogP contribution is -2.54. The van der Waals surface area contributed by atoms with Gasteiger partial charge in [-0.3, -0.25) is 9.69 Å². The molecule has 4 heteroatoms. The van der Waals surface area contributed by atoms with E-state index >= 15 is 0 Å². The molecule has 1 aliphatic carbocycles. The van der Waals surface area contributed by atoms with Gasteiger partial charge in [0, 0.05) is 44.2 Å². The Kier molecular flexibility index (Phi) is 5.67. The SMILES string of the molecule is CC(C)(C)N1CCN(C(=O)CCC2CCCC(N)C2)CC1. The summed E-state index contributed by atoms with van der Waals surface area (Å²) in [5.41, 5.74) is 6.25. The standard InChI is InChI=1S/C17H33N3O/c1-17(2,3)20-11-9-19(10-12-20)16(21)8-7-14-5-4-6-15(18)13-14/h14-15H,4-13,18H2,1-3H3. The molecule has 1 saturated carbocycles. The topological polar surface area (TPSA) is 49.6 Å². The number of carbonyl (C=O) groups excluding carboxylic acids is 1. The van der Waals surface area contributed by atoms with E-state index in [4.69, 9.17) is 5.73 Å². The van der Waals surface area contributed by atoms with Crippen molar-refractivity contribution in [2.24, 2.45) is 11.7 Å². The molecular weight excluding hydrogens is 262 g/mol. The number of hydrogen-bond donors (Lipinski definition) is 1. The molecule has 0 aromatic carbocycles. The second kappa shape index (κ2) is 7.10. The number of piperazine rings is 1. The Hall–Kier alpha value is -0.610. The van der Waals surface area contributed by atoms with Gasteiger partial charge in [-0.1, -0.05) is 12.8 Å². The number of nitrogens with zero attached hydrogens (tertiary/aromatic N) is 2. The highest BCUT2D eigenvalue weighted by Gasteiger charge is 2.28. The third-order valence-electron chi connectivity index (χ3n) is 5.17. The highest BCUT2D eigenvalue weighted by molar-refractivity contribution is 5.76. The molecule has 2 unspecified atom stereocenters. The lowest BCUT2D eigenvalue weighted by Gasteiger charge is -2.42. The van der Waals surface area contributed by atoms with Gasteiger partial charge in [0.25, 0.3) is 0 Å². The van der Waals surface area contributed by atoms with Crippen LogP contribution in [0.15, 0.2) is 0 Å². The molecule has 1 aliphatic heterocycles. The van der Waals surface area contributed by atoms with Gasteiger partial charge in [-0.05, 0) is 46.0 Å². The minimum atomic E-state index is 0.216. The third kappa shape index (κ3) is 4.96. The Bertz CT molecular complexity index is 342. The molecule has 2 atom stereocenters. The van der Waals surface area contributed by atoms with E-state index in [9.17, 15) is 4.79 Å². The fraction of sp³-hybridized carbons (Fsp3) is 0.941. The van der Waals surface area contributed by atoms with Crippen molar-refractivity contribution in [3.63, 3.8) is 0 Å². The molecule has 0 spiro atoms. The Morgan fingerprint density at radius 2 is 1.81 bits per heavy atom. The van der Waals surface area contributed by atoms with Crippen LogP contribution in [0.3, 0.4) is 0 Å². The van der Waals surface area contributed by atoms with Crippen molar-refractivity contribution in [3.8, 4) is 0 Å². The van der Waals surface area contributed by atoms with Crippen LogP contribution in [0.4, 0.5) is 0 Å². The van der Waals surface area contributed by atoms with E-state index in [-0.39, 0.29) is 5.54 Å². The van der Waals surface area contributed by atoms with Crippen molar-refractivity contribution >= 4 is 5.91 Å². The van der Waals surface area contributed by atoms with E-state index in [0.29, 0.717) is 24.3 Å². The van der Waals surface area contributed by atoms with Crippen LogP contribution in [0.2, 0.25) is 0 Å². The van der Waals surface area contributed by atoms with E-state index in [1.165, 1.54) is 19.3 Å². The Labute approximate surface area is 130 Å². The summed E-state index contributed by atoms with van der Waals surface area (Å²) < 4.78 is 0. The van der Waals surface area contributed by atoms with Crippen molar-refractivity contribution in [3.05, 3.63) is 0 Å². The molecule has 0 radical (unpaired) electrons. The van der Waals surface area contributed by atoms with E-state index in [2.05, 4.69) is 30.6 Å². The molecule has 1 heterocycles. The van der Waals surface area contributed by atoms with Crippen molar-refractivity contribution in [2.45, 2.75) is 70.9 Å². The van der Waals surface area contributed by atoms with Crippen molar-refractivity contribution in [2.75, 3.05) is 26.2 Å². The monoisotopic (exact) mass is 295 g/mol. The first kappa shape index (κ1) is 16.8. The lowest BCUT2D eigenvalue weighted by atomic mass is 9.83. The molecule has 0 bridgehead atoms. The van der Waals surface area contributed by atoms with Crippen LogP contribution >= 0.6 is 0 Å². The summed E-state index contributed by atoms with van der Waals surface area (Å²) in [6.07, 6.45) is 6.53. The fourth-order valence-corrected chi connectivity index (χ4v) is 3.71. The molecule has 0 aromatic rings. The molecule has 1 saturated heterocycles. The van der Waals surface area contributed by atoms with Crippen LogP contribution in [0.1, 0.15) is 59.3 Å². The van der Waals surface area contributed by atoms with Crippen LogP contribution in [0.25, 0.3) is 0 Å². The maximum atomic E-state index is 12.4. The van der Waals surface area contributed by atoms with Crippen LogP contribution in [0, 0.1) is 5.92 Å². The van der Waals surface area contributed by atoms with Crippen LogP contribution in [-0.4, -0.2) is 53.5 Å². The molecule has 21 heavy (non-hydrogen) atoms. The molecule has 2 aliphatic rings. The van der Waals surface area contributed by atoms with Crippen molar-refractivity contribution in [1.29, 1.82) is 0 Å². The van der Waals surface area contributed by atoms with Gasteiger partial charge < -0.3 is 10.6 Å². The maximum Gasteiger partial charge on any atom is 0.222 e. The Balaban J connectivity index is 1.70. The predicted octanol–water partition coefficient (Wildman–Crippen LogP) is 2.23. The van der Waals surface area contributed by atoms with Crippen molar-refractivity contribution < 1.29 is 4.79 Å². The van der Waals surface area contributed by atoms with Gasteiger partial charge in [-0.15, -0.1) is 0 Å². The zero-order valence-corrected chi connectivity index (χ0v) is 14.1. The summed E-state index contributed by atoms with van der Waals surface area (Å²) in [4.78, 5) is 16.9. The smallest absolute Gasteiger partial charge is 0.222 e. The van der Waals surface area contributed by atoms with Crippen molar-refractivity contribution in [1.82, 2.24) is 9.80 Å². The first-order chi connectivity index (χ1) is 9.86. The van der Waals surface area contributed by atoms with Gasteiger partial charge in [0.2, 0.25) is 5.91 Å². The summed E-state index contributed by atoms with van der Waals surface area (Å²) in [7, 11) is 0. The zero-order valence-electron chi connectivity index (χ0n) is 14.1. The summed E-state index contributed by atoms with van der Waals surface area (Å²) in [5.74, 6) is 1.02. The predicted molar refractivity (Wildman–Crippen MR) is 87.1 cm³/mol. The quantitative estimate of drug-likeness (QED) is 0.868. The van der Waals surface area contributed by atoms with E-state index in [1.54, 1.807) is 0 Å². The van der Waals surface area contributed by atoms with E-state index in [1.807, 2.05) is 0 Å². The minimum Gasteiger partial charge on any atom is -0.340 e.